The van der Waals surface area contributed by atoms with Gasteiger partial charge in [0.15, 0.2) is 5.11 Å². The van der Waals surface area contributed by atoms with Crippen LogP contribution in [0.2, 0.25) is 0 Å². The van der Waals surface area contributed by atoms with Crippen molar-refractivity contribution in [3.05, 3.63) is 35.4 Å². The maximum atomic E-state index is 5.16. The maximum Gasteiger partial charge on any atom is 0.166 e. The van der Waals surface area contributed by atoms with Gasteiger partial charge in [-0.25, -0.2) is 0 Å². The highest BCUT2D eigenvalue weighted by atomic mass is 32.1. The highest BCUT2D eigenvalue weighted by Crippen LogP contribution is 2.13. The summed E-state index contributed by atoms with van der Waals surface area (Å²) in [5.41, 5.74) is 2.63. The van der Waals surface area contributed by atoms with E-state index in [0.29, 0.717) is 0 Å². The second-order valence-electron chi connectivity index (χ2n) is 3.82. The number of aryl methyl sites for hydroxylation is 1. The standard InChI is InChI=1S/C13H20N2S/c1-4-11-6-8-12(9-7-11)10(3)15-13(16)14-5-2/h6-10H,4-5H2,1-3H3,(H2,14,15,16). The smallest absolute Gasteiger partial charge is 0.166 e. The minimum absolute atomic E-state index is 0.248. The fourth-order valence-corrected chi connectivity index (χ4v) is 1.85. The van der Waals surface area contributed by atoms with Crippen LogP contribution in [0, 0.1) is 0 Å². The van der Waals surface area contributed by atoms with Crippen molar-refractivity contribution >= 4 is 17.3 Å². The lowest BCUT2D eigenvalue weighted by atomic mass is 10.1. The summed E-state index contributed by atoms with van der Waals surface area (Å²) in [6, 6.07) is 8.90. The molecular formula is C13H20N2S. The van der Waals surface area contributed by atoms with E-state index in [2.05, 4.69) is 48.7 Å². The van der Waals surface area contributed by atoms with Crippen LogP contribution in [-0.4, -0.2) is 11.7 Å². The molecule has 0 radical (unpaired) electrons. The Bertz CT molecular complexity index is 332. The number of hydrogen-bond donors (Lipinski definition) is 2. The van der Waals surface area contributed by atoms with Crippen LogP contribution >= 0.6 is 12.2 Å². The van der Waals surface area contributed by atoms with Gasteiger partial charge in [0.2, 0.25) is 0 Å². The SMILES string of the molecule is CCNC(=S)NC(C)c1ccc(CC)cc1. The molecule has 1 atom stereocenters. The molecule has 2 N–H and O–H groups in total. The molecular weight excluding hydrogens is 216 g/mol. The number of nitrogens with one attached hydrogen (secondary N) is 2. The molecule has 3 heteroatoms. The zero-order valence-electron chi connectivity index (χ0n) is 10.2. The molecule has 0 aliphatic heterocycles. The van der Waals surface area contributed by atoms with Gasteiger partial charge in [-0.05, 0) is 43.6 Å². The second-order valence-corrected chi connectivity index (χ2v) is 4.23. The molecule has 0 spiro atoms. The van der Waals surface area contributed by atoms with Crippen LogP contribution in [0.4, 0.5) is 0 Å². The quantitative estimate of drug-likeness (QED) is 0.786. The molecule has 0 amide bonds. The molecule has 0 bridgehead atoms. The summed E-state index contributed by atoms with van der Waals surface area (Å²) >= 11 is 5.16. The number of thiocarbonyl (C=S) groups is 1. The summed E-state index contributed by atoms with van der Waals surface area (Å²) in [6.07, 6.45) is 1.08. The lowest BCUT2D eigenvalue weighted by Gasteiger charge is -2.17. The van der Waals surface area contributed by atoms with E-state index in [-0.39, 0.29) is 6.04 Å². The molecule has 0 saturated heterocycles. The fourth-order valence-electron chi connectivity index (χ4n) is 1.53. The molecule has 1 unspecified atom stereocenters. The van der Waals surface area contributed by atoms with Gasteiger partial charge in [-0.1, -0.05) is 31.2 Å². The van der Waals surface area contributed by atoms with Gasteiger partial charge in [0, 0.05) is 6.54 Å². The highest BCUT2D eigenvalue weighted by Gasteiger charge is 2.05. The van der Waals surface area contributed by atoms with Crippen LogP contribution in [0.5, 0.6) is 0 Å². The van der Waals surface area contributed by atoms with Crippen molar-refractivity contribution in [1.29, 1.82) is 0 Å². The van der Waals surface area contributed by atoms with E-state index in [0.717, 1.165) is 18.1 Å². The molecule has 16 heavy (non-hydrogen) atoms. The fraction of sp³-hybridized carbons (Fsp3) is 0.462. The third-order valence-corrected chi connectivity index (χ3v) is 2.84. The molecule has 0 aromatic heterocycles. The second kappa shape index (κ2) is 6.48. The molecule has 0 aliphatic carbocycles. The Hall–Kier alpha value is -1.09. The number of benzene rings is 1. The Labute approximate surface area is 103 Å². The van der Waals surface area contributed by atoms with Gasteiger partial charge in [-0.3, -0.25) is 0 Å². The van der Waals surface area contributed by atoms with Crippen LogP contribution in [0.1, 0.15) is 37.9 Å². The minimum atomic E-state index is 0.248. The van der Waals surface area contributed by atoms with E-state index < -0.39 is 0 Å². The highest BCUT2D eigenvalue weighted by molar-refractivity contribution is 7.80. The average molecular weight is 236 g/mol. The Morgan fingerprint density at radius 2 is 1.88 bits per heavy atom. The first-order valence-corrected chi connectivity index (χ1v) is 6.21. The van der Waals surface area contributed by atoms with Crippen molar-refractivity contribution in [2.75, 3.05) is 6.54 Å². The van der Waals surface area contributed by atoms with Crippen molar-refractivity contribution in [3.63, 3.8) is 0 Å². The van der Waals surface area contributed by atoms with E-state index >= 15 is 0 Å². The van der Waals surface area contributed by atoms with E-state index in [1.807, 2.05) is 6.92 Å². The molecule has 88 valence electrons. The van der Waals surface area contributed by atoms with Crippen LogP contribution in [0.15, 0.2) is 24.3 Å². The van der Waals surface area contributed by atoms with Crippen molar-refractivity contribution in [2.24, 2.45) is 0 Å². The van der Waals surface area contributed by atoms with Crippen LogP contribution in [0.25, 0.3) is 0 Å². The first kappa shape index (κ1) is 13.0. The van der Waals surface area contributed by atoms with Crippen molar-refractivity contribution < 1.29 is 0 Å². The minimum Gasteiger partial charge on any atom is -0.363 e. The molecule has 1 aromatic carbocycles. The number of rotatable bonds is 4. The van der Waals surface area contributed by atoms with Crippen molar-refractivity contribution in [1.82, 2.24) is 10.6 Å². The van der Waals surface area contributed by atoms with Gasteiger partial charge < -0.3 is 10.6 Å². The molecule has 1 rings (SSSR count). The Balaban J connectivity index is 2.58. The van der Waals surface area contributed by atoms with Crippen molar-refractivity contribution in [2.45, 2.75) is 33.2 Å². The van der Waals surface area contributed by atoms with Gasteiger partial charge in [-0.2, -0.15) is 0 Å². The van der Waals surface area contributed by atoms with Gasteiger partial charge >= 0.3 is 0 Å². The first-order chi connectivity index (χ1) is 7.67. The topological polar surface area (TPSA) is 24.1 Å². The Kier molecular flexibility index (Phi) is 5.26. The molecule has 2 nitrogen and oxygen atoms in total. The van der Waals surface area contributed by atoms with E-state index in [1.165, 1.54) is 11.1 Å². The molecule has 0 aliphatic rings. The summed E-state index contributed by atoms with van der Waals surface area (Å²) in [5.74, 6) is 0. The monoisotopic (exact) mass is 236 g/mol. The first-order valence-electron chi connectivity index (χ1n) is 5.80. The summed E-state index contributed by atoms with van der Waals surface area (Å²) in [6.45, 7) is 7.17. The Morgan fingerprint density at radius 3 is 2.38 bits per heavy atom. The lowest BCUT2D eigenvalue weighted by Crippen LogP contribution is -2.36. The average Bonchev–Trinajstić information content (AvgIpc) is 2.29. The predicted octanol–water partition coefficient (Wildman–Crippen LogP) is 2.79. The third kappa shape index (κ3) is 3.81. The number of hydrogen-bond acceptors (Lipinski definition) is 1. The molecule has 0 heterocycles. The van der Waals surface area contributed by atoms with Crippen LogP contribution in [-0.2, 0) is 6.42 Å². The third-order valence-electron chi connectivity index (χ3n) is 2.57. The normalized spacial score (nSPS) is 11.9. The summed E-state index contributed by atoms with van der Waals surface area (Å²) in [5, 5.41) is 7.06. The van der Waals surface area contributed by atoms with Crippen LogP contribution < -0.4 is 10.6 Å². The van der Waals surface area contributed by atoms with Gasteiger partial charge in [0.1, 0.15) is 0 Å². The maximum absolute atomic E-state index is 5.16. The van der Waals surface area contributed by atoms with Gasteiger partial charge in [-0.15, -0.1) is 0 Å². The Morgan fingerprint density at radius 1 is 1.25 bits per heavy atom. The van der Waals surface area contributed by atoms with E-state index in [4.69, 9.17) is 12.2 Å². The molecule has 0 saturated carbocycles. The molecule has 1 aromatic rings. The largest absolute Gasteiger partial charge is 0.363 e. The van der Waals surface area contributed by atoms with Crippen LogP contribution in [0.3, 0.4) is 0 Å². The zero-order chi connectivity index (χ0) is 12.0. The summed E-state index contributed by atoms with van der Waals surface area (Å²) < 4.78 is 0. The predicted molar refractivity (Wildman–Crippen MR) is 73.6 cm³/mol. The summed E-state index contributed by atoms with van der Waals surface area (Å²) in [4.78, 5) is 0. The van der Waals surface area contributed by atoms with Gasteiger partial charge in [0.05, 0.1) is 6.04 Å². The van der Waals surface area contributed by atoms with Gasteiger partial charge in [0.25, 0.3) is 0 Å². The zero-order valence-corrected chi connectivity index (χ0v) is 11.0. The van der Waals surface area contributed by atoms with E-state index in [1.54, 1.807) is 0 Å². The summed E-state index contributed by atoms with van der Waals surface area (Å²) in [7, 11) is 0. The lowest BCUT2D eigenvalue weighted by molar-refractivity contribution is 0.702. The molecule has 0 fully saturated rings. The van der Waals surface area contributed by atoms with E-state index in [9.17, 15) is 0 Å². The van der Waals surface area contributed by atoms with Crippen molar-refractivity contribution in [3.8, 4) is 0 Å².